The van der Waals surface area contributed by atoms with Crippen LogP contribution in [0.5, 0.6) is 0 Å². The molecule has 0 saturated heterocycles. The molecule has 0 spiro atoms. The Morgan fingerprint density at radius 2 is 1.94 bits per heavy atom. The van der Waals surface area contributed by atoms with Crippen molar-refractivity contribution in [3.63, 3.8) is 0 Å². The Hall–Kier alpha value is -1.62. The largest absolute Gasteiger partial charge is 0.418 e. The molecule has 2 nitrogen and oxygen atoms in total. The lowest BCUT2D eigenvalue weighted by Gasteiger charge is -2.15. The number of anilines is 1. The molecule has 0 bridgehead atoms. The molecule has 0 fully saturated rings. The highest BCUT2D eigenvalue weighted by Gasteiger charge is 2.34. The smallest absolute Gasteiger partial charge is 0.378 e. The van der Waals surface area contributed by atoms with Gasteiger partial charge in [-0.1, -0.05) is 17.7 Å². The van der Waals surface area contributed by atoms with E-state index >= 15 is 0 Å². The molecule has 0 radical (unpaired) electrons. The fourth-order valence-corrected chi connectivity index (χ4v) is 1.84. The predicted octanol–water partition coefficient (Wildman–Crippen LogP) is 4.30. The molecule has 0 aliphatic heterocycles. The van der Waals surface area contributed by atoms with E-state index in [9.17, 15) is 13.2 Å². The molecule has 0 amide bonds. The molecule has 0 aliphatic carbocycles. The standard InChI is InChI=1S/C12H10ClF3N2/c13-10-5-1-4-9(12(14,15)16)11(10)18-7-8-3-2-6-17-8/h1-6,17-18H,7H2. The van der Waals surface area contributed by atoms with Gasteiger partial charge in [0, 0.05) is 11.9 Å². The fourth-order valence-electron chi connectivity index (χ4n) is 1.60. The molecule has 1 aromatic heterocycles. The maximum Gasteiger partial charge on any atom is 0.418 e. The Morgan fingerprint density at radius 1 is 1.17 bits per heavy atom. The van der Waals surface area contributed by atoms with Gasteiger partial charge in [0.15, 0.2) is 0 Å². The number of H-pyrrole nitrogens is 1. The zero-order chi connectivity index (χ0) is 13.2. The van der Waals surface area contributed by atoms with Crippen LogP contribution in [-0.4, -0.2) is 4.98 Å². The SMILES string of the molecule is FC(F)(F)c1cccc(Cl)c1NCc1ccc[nH]1. The van der Waals surface area contributed by atoms with E-state index in [-0.39, 0.29) is 17.3 Å². The molecule has 0 saturated carbocycles. The van der Waals surface area contributed by atoms with Crippen LogP contribution in [0.4, 0.5) is 18.9 Å². The van der Waals surface area contributed by atoms with Crippen molar-refractivity contribution < 1.29 is 13.2 Å². The highest BCUT2D eigenvalue weighted by atomic mass is 35.5. The minimum atomic E-state index is -4.43. The highest BCUT2D eigenvalue weighted by molar-refractivity contribution is 6.33. The van der Waals surface area contributed by atoms with Gasteiger partial charge in [0.1, 0.15) is 0 Å². The van der Waals surface area contributed by atoms with Crippen molar-refractivity contribution in [3.8, 4) is 0 Å². The lowest BCUT2D eigenvalue weighted by Crippen LogP contribution is -2.11. The van der Waals surface area contributed by atoms with Crippen molar-refractivity contribution in [2.45, 2.75) is 12.7 Å². The Labute approximate surface area is 107 Å². The zero-order valence-corrected chi connectivity index (χ0v) is 9.94. The molecule has 6 heteroatoms. The summed E-state index contributed by atoms with van der Waals surface area (Å²) in [4.78, 5) is 2.90. The maximum absolute atomic E-state index is 12.8. The minimum Gasteiger partial charge on any atom is -0.378 e. The maximum atomic E-state index is 12.8. The minimum absolute atomic E-state index is 0.0522. The normalized spacial score (nSPS) is 11.6. The van der Waals surface area contributed by atoms with Crippen LogP contribution in [0.2, 0.25) is 5.02 Å². The number of halogens is 4. The first-order valence-corrected chi connectivity index (χ1v) is 5.58. The van der Waals surface area contributed by atoms with Gasteiger partial charge in [-0.2, -0.15) is 13.2 Å². The third-order valence-corrected chi connectivity index (χ3v) is 2.75. The quantitative estimate of drug-likeness (QED) is 0.858. The third kappa shape index (κ3) is 2.79. The molecule has 2 N–H and O–H groups in total. The lowest BCUT2D eigenvalue weighted by atomic mass is 10.1. The Kier molecular flexibility index (Phi) is 3.52. The second kappa shape index (κ2) is 4.94. The van der Waals surface area contributed by atoms with E-state index in [1.165, 1.54) is 12.1 Å². The summed E-state index contributed by atoms with van der Waals surface area (Å²) >= 11 is 5.80. The van der Waals surface area contributed by atoms with Crippen LogP contribution < -0.4 is 5.32 Å². The summed E-state index contributed by atoms with van der Waals surface area (Å²) in [6.45, 7) is 0.250. The molecule has 0 aliphatic rings. The van der Waals surface area contributed by atoms with Gasteiger partial charge in [-0.25, -0.2) is 0 Å². The van der Waals surface area contributed by atoms with Crippen molar-refractivity contribution in [1.82, 2.24) is 4.98 Å². The Balaban J connectivity index is 2.26. The number of nitrogens with one attached hydrogen (secondary N) is 2. The van der Waals surface area contributed by atoms with Gasteiger partial charge < -0.3 is 10.3 Å². The van der Waals surface area contributed by atoms with Gasteiger partial charge in [-0.15, -0.1) is 0 Å². The van der Waals surface area contributed by atoms with E-state index in [2.05, 4.69) is 10.3 Å². The first-order chi connectivity index (χ1) is 8.48. The van der Waals surface area contributed by atoms with Gasteiger partial charge >= 0.3 is 6.18 Å². The molecule has 0 atom stereocenters. The lowest BCUT2D eigenvalue weighted by molar-refractivity contribution is -0.136. The van der Waals surface area contributed by atoms with Gasteiger partial charge in [0.2, 0.25) is 0 Å². The summed E-state index contributed by atoms with van der Waals surface area (Å²) < 4.78 is 38.4. The van der Waals surface area contributed by atoms with E-state index in [0.29, 0.717) is 0 Å². The molecular formula is C12H10ClF3N2. The summed E-state index contributed by atoms with van der Waals surface area (Å²) in [5.74, 6) is 0. The summed E-state index contributed by atoms with van der Waals surface area (Å²) in [5.41, 5.74) is -0.0779. The van der Waals surface area contributed by atoms with Gasteiger partial charge in [-0.3, -0.25) is 0 Å². The van der Waals surface area contributed by atoms with Crippen molar-refractivity contribution in [1.29, 1.82) is 0 Å². The molecular weight excluding hydrogens is 265 g/mol. The van der Waals surface area contributed by atoms with Gasteiger partial charge in [0.05, 0.1) is 22.8 Å². The molecule has 96 valence electrons. The summed E-state index contributed by atoms with van der Waals surface area (Å²) in [5, 5.41) is 2.76. The molecule has 1 heterocycles. The van der Waals surface area contributed by atoms with E-state index in [1.54, 1.807) is 18.3 Å². The number of hydrogen-bond donors (Lipinski definition) is 2. The molecule has 1 aromatic carbocycles. The van der Waals surface area contributed by atoms with Crippen molar-refractivity contribution in [2.75, 3.05) is 5.32 Å². The molecule has 2 aromatic rings. The first-order valence-electron chi connectivity index (χ1n) is 5.20. The van der Waals surface area contributed by atoms with Crippen LogP contribution in [0.15, 0.2) is 36.5 Å². The van der Waals surface area contributed by atoms with E-state index in [4.69, 9.17) is 11.6 Å². The summed E-state index contributed by atoms with van der Waals surface area (Å²) in [6, 6.07) is 7.26. The second-order valence-corrected chi connectivity index (χ2v) is 4.12. The van der Waals surface area contributed by atoms with Crippen LogP contribution in [0.25, 0.3) is 0 Å². The van der Waals surface area contributed by atoms with Crippen LogP contribution in [0.3, 0.4) is 0 Å². The average Bonchev–Trinajstić information content (AvgIpc) is 2.78. The number of aromatic amines is 1. The van der Waals surface area contributed by atoms with Crippen molar-refractivity contribution in [2.24, 2.45) is 0 Å². The van der Waals surface area contributed by atoms with E-state index in [0.717, 1.165) is 11.8 Å². The number of benzene rings is 1. The van der Waals surface area contributed by atoms with Crippen LogP contribution in [0, 0.1) is 0 Å². The first kappa shape index (κ1) is 12.8. The Morgan fingerprint density at radius 3 is 2.56 bits per heavy atom. The number of hydrogen-bond acceptors (Lipinski definition) is 1. The van der Waals surface area contributed by atoms with Gasteiger partial charge in [-0.05, 0) is 24.3 Å². The van der Waals surface area contributed by atoms with Crippen LogP contribution >= 0.6 is 11.6 Å². The van der Waals surface area contributed by atoms with Crippen molar-refractivity contribution >= 4 is 17.3 Å². The van der Waals surface area contributed by atoms with E-state index in [1.807, 2.05) is 0 Å². The summed E-state index contributed by atoms with van der Waals surface area (Å²) in [6.07, 6.45) is -2.72. The zero-order valence-electron chi connectivity index (χ0n) is 9.18. The van der Waals surface area contributed by atoms with Crippen LogP contribution in [-0.2, 0) is 12.7 Å². The van der Waals surface area contributed by atoms with E-state index < -0.39 is 11.7 Å². The Bertz CT molecular complexity index is 521. The number of rotatable bonds is 3. The topological polar surface area (TPSA) is 27.8 Å². The molecule has 0 unspecified atom stereocenters. The monoisotopic (exact) mass is 274 g/mol. The predicted molar refractivity (Wildman–Crippen MR) is 64.6 cm³/mol. The number of para-hydroxylation sites is 1. The van der Waals surface area contributed by atoms with Crippen molar-refractivity contribution in [3.05, 3.63) is 52.8 Å². The summed E-state index contributed by atoms with van der Waals surface area (Å²) in [7, 11) is 0. The van der Waals surface area contributed by atoms with Gasteiger partial charge in [0.25, 0.3) is 0 Å². The molecule has 2 rings (SSSR count). The fraction of sp³-hybridized carbons (Fsp3) is 0.167. The number of alkyl halides is 3. The average molecular weight is 275 g/mol. The highest BCUT2D eigenvalue weighted by Crippen LogP contribution is 2.38. The third-order valence-electron chi connectivity index (χ3n) is 2.44. The second-order valence-electron chi connectivity index (χ2n) is 3.71. The number of aromatic nitrogens is 1. The molecule has 18 heavy (non-hydrogen) atoms. The van der Waals surface area contributed by atoms with Crippen LogP contribution in [0.1, 0.15) is 11.3 Å².